The van der Waals surface area contributed by atoms with Crippen LogP contribution < -0.4 is 14.4 Å². The van der Waals surface area contributed by atoms with E-state index in [-0.39, 0.29) is 0 Å². The van der Waals surface area contributed by atoms with Gasteiger partial charge in [0, 0.05) is 0 Å². The van der Waals surface area contributed by atoms with E-state index in [2.05, 4.69) is 93.6 Å². The van der Waals surface area contributed by atoms with Crippen molar-refractivity contribution in [3.05, 3.63) is 89.5 Å². The lowest BCUT2D eigenvalue weighted by atomic mass is 10.0. The molecule has 3 heteroatoms. The minimum Gasteiger partial charge on any atom is -0.435 e. The summed E-state index contributed by atoms with van der Waals surface area (Å²) in [7, 11) is -1.35. The number of hydrogen-bond donors (Lipinski definition) is 0. The molecule has 48 heavy (non-hydrogen) atoms. The topological polar surface area (TPSA) is 18.5 Å². The third-order valence-electron chi connectivity index (χ3n) is 9.65. The number of benzene rings is 3. The molecule has 0 spiro atoms. The fraction of sp³-hybridized carbons (Fsp3) is 0.600. The Bertz CT molecular complexity index is 1140. The summed E-state index contributed by atoms with van der Waals surface area (Å²) in [6, 6.07) is 26.4. The van der Waals surface area contributed by atoms with Crippen LogP contribution in [0.15, 0.2) is 72.8 Å². The summed E-state index contributed by atoms with van der Waals surface area (Å²) < 4.78 is 14.1. The van der Waals surface area contributed by atoms with Crippen LogP contribution in [0.1, 0.15) is 172 Å². The Kier molecular flexibility index (Phi) is 22.2. The predicted molar refractivity (Wildman–Crippen MR) is 212 cm³/mol. The zero-order valence-electron chi connectivity index (χ0n) is 31.2. The van der Waals surface area contributed by atoms with Gasteiger partial charge in [-0.2, -0.15) is 0 Å². The Morgan fingerprint density at radius 3 is 1.08 bits per heavy atom. The van der Waals surface area contributed by atoms with Gasteiger partial charge in [-0.15, -0.1) is 0 Å². The van der Waals surface area contributed by atoms with Crippen molar-refractivity contribution in [1.82, 2.24) is 0 Å². The molecular weight excluding hydrogens is 603 g/mol. The van der Waals surface area contributed by atoms with Crippen LogP contribution in [0.2, 0.25) is 0 Å². The van der Waals surface area contributed by atoms with Crippen molar-refractivity contribution in [2.45, 2.75) is 175 Å². The highest BCUT2D eigenvalue weighted by Gasteiger charge is 2.24. The molecule has 0 N–H and O–H groups in total. The van der Waals surface area contributed by atoms with Crippen molar-refractivity contribution in [2.75, 3.05) is 0 Å². The summed E-state index contributed by atoms with van der Waals surface area (Å²) in [4.78, 5) is 0. The molecule has 3 aromatic rings. The van der Waals surface area contributed by atoms with Crippen LogP contribution in [0, 0.1) is 0 Å². The van der Waals surface area contributed by atoms with Gasteiger partial charge in [-0.05, 0) is 73.4 Å². The average Bonchev–Trinajstić information content (AvgIpc) is 3.11. The van der Waals surface area contributed by atoms with Crippen molar-refractivity contribution < 1.29 is 9.05 Å². The van der Waals surface area contributed by atoms with Gasteiger partial charge in [-0.1, -0.05) is 191 Å². The maximum absolute atomic E-state index is 7.04. The van der Waals surface area contributed by atoms with E-state index in [9.17, 15) is 0 Å². The second kappa shape index (κ2) is 26.5. The van der Waals surface area contributed by atoms with E-state index < -0.39 is 8.38 Å². The first kappa shape index (κ1) is 40.1. The standard InChI is InChI=1S/C45H69O2P/c1-4-7-10-13-16-19-22-31-40-33-25-28-37-43(40)46-48(45-39-30-27-36-42(45)35-24-21-18-15-12-9-6-3)47-44-38-29-26-34-41(44)32-23-20-17-14-11-8-5-2/h25-30,33-34,36-39H,4-24,31-32,35H2,1-3H3. The fourth-order valence-corrected chi connectivity index (χ4v) is 8.19. The third kappa shape index (κ3) is 16.4. The lowest BCUT2D eigenvalue weighted by Crippen LogP contribution is -2.16. The molecule has 0 saturated carbocycles. The van der Waals surface area contributed by atoms with Crippen molar-refractivity contribution in [3.63, 3.8) is 0 Å². The molecule has 0 saturated heterocycles. The molecule has 3 aromatic carbocycles. The minimum atomic E-state index is -1.35. The summed E-state index contributed by atoms with van der Waals surface area (Å²) in [5.41, 5.74) is 4.00. The summed E-state index contributed by atoms with van der Waals surface area (Å²) in [5, 5.41) is 1.23. The normalized spacial score (nSPS) is 11.3. The number of unbranched alkanes of at least 4 members (excludes halogenated alkanes) is 18. The SMILES string of the molecule is CCCCCCCCCc1ccccc1OP(Oc1ccccc1CCCCCCCCC)c1ccccc1CCCCCCCCC. The van der Waals surface area contributed by atoms with Gasteiger partial charge in [0.05, 0.1) is 5.30 Å². The molecule has 0 heterocycles. The van der Waals surface area contributed by atoms with Crippen molar-refractivity contribution in [3.8, 4) is 11.5 Å². The number of para-hydroxylation sites is 2. The van der Waals surface area contributed by atoms with E-state index in [0.717, 1.165) is 30.8 Å². The first-order valence-electron chi connectivity index (χ1n) is 20.2. The Balaban J connectivity index is 1.75. The Morgan fingerprint density at radius 1 is 0.354 bits per heavy atom. The number of rotatable bonds is 29. The largest absolute Gasteiger partial charge is 0.435 e. The summed E-state index contributed by atoms with van der Waals surface area (Å²) in [6.45, 7) is 6.87. The van der Waals surface area contributed by atoms with Gasteiger partial charge in [-0.25, -0.2) is 0 Å². The van der Waals surface area contributed by atoms with Gasteiger partial charge in [0.2, 0.25) is 0 Å². The Labute approximate surface area is 297 Å². The van der Waals surface area contributed by atoms with Crippen LogP contribution in [-0.2, 0) is 19.3 Å². The maximum atomic E-state index is 7.04. The quantitative estimate of drug-likeness (QED) is 0.0540. The second-order valence-electron chi connectivity index (χ2n) is 13.9. The van der Waals surface area contributed by atoms with Gasteiger partial charge < -0.3 is 9.05 Å². The molecule has 0 aliphatic rings. The Morgan fingerprint density at radius 2 is 0.667 bits per heavy atom. The van der Waals surface area contributed by atoms with Gasteiger partial charge in [-0.3, -0.25) is 0 Å². The van der Waals surface area contributed by atoms with Crippen LogP contribution in [0.3, 0.4) is 0 Å². The zero-order valence-corrected chi connectivity index (χ0v) is 32.1. The smallest absolute Gasteiger partial charge is 0.326 e. The molecule has 0 unspecified atom stereocenters. The molecule has 0 radical (unpaired) electrons. The van der Waals surface area contributed by atoms with Crippen LogP contribution in [0.25, 0.3) is 0 Å². The highest BCUT2D eigenvalue weighted by atomic mass is 31.2. The molecule has 0 aliphatic heterocycles. The van der Waals surface area contributed by atoms with Gasteiger partial charge >= 0.3 is 8.38 Å². The highest BCUT2D eigenvalue weighted by Crippen LogP contribution is 2.43. The molecule has 3 rings (SSSR count). The van der Waals surface area contributed by atoms with E-state index in [1.807, 2.05) is 0 Å². The molecule has 0 atom stereocenters. The van der Waals surface area contributed by atoms with E-state index >= 15 is 0 Å². The summed E-state index contributed by atoms with van der Waals surface area (Å²) in [6.07, 6.45) is 30.9. The minimum absolute atomic E-state index is 0.991. The van der Waals surface area contributed by atoms with E-state index in [1.165, 1.54) is 157 Å². The average molecular weight is 673 g/mol. The van der Waals surface area contributed by atoms with E-state index in [0.29, 0.717) is 0 Å². The molecule has 0 amide bonds. The van der Waals surface area contributed by atoms with Crippen LogP contribution in [0.5, 0.6) is 11.5 Å². The summed E-state index contributed by atoms with van der Waals surface area (Å²) >= 11 is 0. The molecule has 0 aromatic heterocycles. The van der Waals surface area contributed by atoms with Crippen molar-refractivity contribution in [2.24, 2.45) is 0 Å². The lowest BCUT2D eigenvalue weighted by Gasteiger charge is -2.24. The number of hydrogen-bond acceptors (Lipinski definition) is 2. The van der Waals surface area contributed by atoms with Crippen molar-refractivity contribution in [1.29, 1.82) is 0 Å². The monoisotopic (exact) mass is 673 g/mol. The lowest BCUT2D eigenvalue weighted by molar-refractivity contribution is 0.491. The zero-order chi connectivity index (χ0) is 33.9. The molecule has 0 fully saturated rings. The maximum Gasteiger partial charge on any atom is 0.326 e. The van der Waals surface area contributed by atoms with Crippen LogP contribution in [0.4, 0.5) is 0 Å². The van der Waals surface area contributed by atoms with Crippen molar-refractivity contribution >= 4 is 13.7 Å². The van der Waals surface area contributed by atoms with Crippen LogP contribution in [-0.4, -0.2) is 0 Å². The molecule has 0 aliphatic carbocycles. The van der Waals surface area contributed by atoms with Gasteiger partial charge in [0.1, 0.15) is 11.5 Å². The molecule has 0 bridgehead atoms. The van der Waals surface area contributed by atoms with Gasteiger partial charge in [0.15, 0.2) is 0 Å². The summed E-state index contributed by atoms with van der Waals surface area (Å²) in [5.74, 6) is 1.98. The molecular formula is C45H69O2P. The highest BCUT2D eigenvalue weighted by molar-refractivity contribution is 7.56. The predicted octanol–water partition coefficient (Wildman–Crippen LogP) is 14.7. The molecule has 266 valence electrons. The first-order valence-corrected chi connectivity index (χ1v) is 21.3. The number of aryl methyl sites for hydroxylation is 3. The van der Waals surface area contributed by atoms with E-state index in [4.69, 9.17) is 9.05 Å². The van der Waals surface area contributed by atoms with E-state index in [1.54, 1.807) is 0 Å². The fourth-order valence-electron chi connectivity index (χ4n) is 6.61. The molecule has 2 nitrogen and oxygen atoms in total. The Hall–Kier alpha value is -2.31. The second-order valence-corrected chi connectivity index (χ2v) is 15.3. The third-order valence-corrected chi connectivity index (χ3v) is 11.2. The van der Waals surface area contributed by atoms with Crippen LogP contribution >= 0.6 is 8.38 Å². The first-order chi connectivity index (χ1) is 23.8. The van der Waals surface area contributed by atoms with Gasteiger partial charge in [0.25, 0.3) is 0 Å².